The number of amides is 1. The molecule has 2 saturated heterocycles. The lowest BCUT2D eigenvalue weighted by atomic mass is 9.82. The number of rotatable bonds is 5. The van der Waals surface area contributed by atoms with Gasteiger partial charge in [0.15, 0.2) is 12.1 Å². The molecule has 19 atom stereocenters. The summed E-state index contributed by atoms with van der Waals surface area (Å²) in [6, 6.07) is -2.24. The van der Waals surface area contributed by atoms with Gasteiger partial charge in [0.1, 0.15) is 24.2 Å². The fourth-order valence-electron chi connectivity index (χ4n) is 8.48. The first-order valence-corrected chi connectivity index (χ1v) is 24.2. The average Bonchev–Trinajstić information content (AvgIpc) is 3.29. The predicted octanol–water partition coefficient (Wildman–Crippen LogP) is 2.07. The van der Waals surface area contributed by atoms with Crippen LogP contribution in [0.4, 0.5) is 22.0 Å². The fraction of sp³-hybridized carbons (Fsp3) is 0.660. The number of carboxylic acids is 1. The lowest BCUT2D eigenvalue weighted by Crippen LogP contribution is -2.66. The van der Waals surface area contributed by atoms with E-state index < -0.39 is 171 Å². The Balaban J connectivity index is 1.95. The highest BCUT2D eigenvalue weighted by molar-refractivity contribution is 5.84. The van der Waals surface area contributed by atoms with Crippen LogP contribution in [0, 0.1) is 17.8 Å². The predicted molar refractivity (Wildman–Crippen MR) is 252 cm³/mol. The van der Waals surface area contributed by atoms with E-state index in [1.807, 2.05) is 0 Å². The second-order valence-electron chi connectivity index (χ2n) is 19.1. The molecule has 19 nitrogen and oxygen atoms in total. The van der Waals surface area contributed by atoms with E-state index in [-0.39, 0.29) is 25.2 Å². The third-order valence-electron chi connectivity index (χ3n) is 12.9. The summed E-state index contributed by atoms with van der Waals surface area (Å²) in [5.41, 5.74) is 0. The molecule has 0 aliphatic carbocycles. The highest BCUT2D eigenvalue weighted by atomic mass is 19.4. The van der Waals surface area contributed by atoms with E-state index in [1.165, 1.54) is 29.6 Å². The Morgan fingerprint density at radius 1 is 0.662 bits per heavy atom. The number of aliphatic carboxylic acids is 1. The van der Waals surface area contributed by atoms with Crippen LogP contribution < -0.4 is 5.32 Å². The quantitative estimate of drug-likeness (QED) is 0.139. The topological polar surface area (TPSA) is 323 Å². The molecular formula is C50H72F5NO18. The van der Waals surface area contributed by atoms with Gasteiger partial charge in [0.2, 0.25) is 0 Å². The molecule has 3 aliphatic heterocycles. The molecule has 0 unspecified atom stereocenters. The van der Waals surface area contributed by atoms with E-state index in [0.29, 0.717) is 0 Å². The minimum absolute atomic E-state index is 0.193. The van der Waals surface area contributed by atoms with Gasteiger partial charge < -0.3 is 80.4 Å². The van der Waals surface area contributed by atoms with E-state index >= 15 is 0 Å². The summed E-state index contributed by atoms with van der Waals surface area (Å²) in [6.45, 7) is 6.20. The lowest BCUT2D eigenvalue weighted by Gasteiger charge is -2.45. The number of carbonyl (C=O) groups is 3. The highest BCUT2D eigenvalue weighted by Gasteiger charge is 2.64. The van der Waals surface area contributed by atoms with Gasteiger partial charge >= 0.3 is 29.9 Å². The Kier molecular flexibility index (Phi) is 25.3. The molecule has 3 aliphatic rings. The molecule has 0 radical (unpaired) electrons. The molecule has 420 valence electrons. The minimum Gasteiger partial charge on any atom is -0.481 e. The first kappa shape index (κ1) is 64.0. The number of halogens is 5. The Morgan fingerprint density at radius 2 is 1.22 bits per heavy atom. The van der Waals surface area contributed by atoms with Crippen molar-refractivity contribution in [2.24, 2.45) is 17.8 Å². The largest absolute Gasteiger partial charge is 0.481 e. The zero-order valence-electron chi connectivity index (χ0n) is 41.3. The molecule has 0 aromatic carbocycles. The van der Waals surface area contributed by atoms with E-state index in [4.69, 9.17) is 18.9 Å². The van der Waals surface area contributed by atoms with Gasteiger partial charge in [-0.3, -0.25) is 14.4 Å². The van der Waals surface area contributed by atoms with Crippen molar-refractivity contribution in [3.8, 4) is 0 Å². The first-order valence-electron chi connectivity index (χ1n) is 24.2. The maximum atomic E-state index is 13.9. The van der Waals surface area contributed by atoms with E-state index in [0.717, 1.165) is 6.92 Å². The molecule has 0 aromatic rings. The third kappa shape index (κ3) is 19.7. The maximum Gasteiger partial charge on any atom is 0.463 e. The summed E-state index contributed by atoms with van der Waals surface area (Å²) < 4.78 is 89.6. The number of esters is 1. The van der Waals surface area contributed by atoms with Gasteiger partial charge in [-0.15, -0.1) is 0 Å². The van der Waals surface area contributed by atoms with Gasteiger partial charge in [-0.1, -0.05) is 98.9 Å². The van der Waals surface area contributed by atoms with Crippen LogP contribution in [0.1, 0.15) is 79.1 Å². The zero-order chi connectivity index (χ0) is 55.7. The number of allylic oxidation sites excluding steroid dienone is 12. The third-order valence-corrected chi connectivity index (χ3v) is 12.9. The van der Waals surface area contributed by atoms with Crippen LogP contribution >= 0.6 is 0 Å². The number of aliphatic hydroxyl groups excluding tert-OH is 9. The lowest BCUT2D eigenvalue weighted by molar-refractivity contribution is -0.309. The zero-order valence-corrected chi connectivity index (χ0v) is 41.3. The van der Waals surface area contributed by atoms with Crippen molar-refractivity contribution < 1.29 is 111 Å². The minimum atomic E-state index is -6.35. The first-order chi connectivity index (χ1) is 34.5. The molecule has 0 aromatic heterocycles. The number of hydrogen-bond donors (Lipinski definition) is 12. The molecule has 0 saturated carbocycles. The summed E-state index contributed by atoms with van der Waals surface area (Å²) in [6.07, 6.45) is -10.4. The van der Waals surface area contributed by atoms with Gasteiger partial charge in [-0.25, -0.2) is 0 Å². The normalized spacial score (nSPS) is 41.8. The van der Waals surface area contributed by atoms with Crippen molar-refractivity contribution in [2.75, 3.05) is 0 Å². The van der Waals surface area contributed by atoms with Crippen LogP contribution in [0.2, 0.25) is 0 Å². The number of nitrogens with one attached hydrogen (secondary N) is 1. The van der Waals surface area contributed by atoms with Crippen molar-refractivity contribution in [2.45, 2.75) is 189 Å². The Morgan fingerprint density at radius 3 is 1.77 bits per heavy atom. The fourth-order valence-corrected chi connectivity index (χ4v) is 8.48. The van der Waals surface area contributed by atoms with Crippen LogP contribution in [-0.2, 0) is 33.3 Å². The van der Waals surface area contributed by atoms with Gasteiger partial charge in [0, 0.05) is 37.5 Å². The molecule has 24 heteroatoms. The molecule has 12 N–H and O–H groups in total. The molecule has 2 bridgehead atoms. The molecule has 1 amide bonds. The van der Waals surface area contributed by atoms with Crippen LogP contribution in [0.15, 0.2) is 85.1 Å². The molecule has 3 heterocycles. The number of aliphatic hydroxyl groups is 10. The average molecular weight is 1070 g/mol. The number of ether oxygens (including phenoxy) is 4. The molecular weight excluding hydrogens is 998 g/mol. The van der Waals surface area contributed by atoms with Crippen molar-refractivity contribution >= 4 is 17.8 Å². The van der Waals surface area contributed by atoms with E-state index in [9.17, 15) is 92.5 Å². The SMILES string of the molecule is C[C@@H]1[C@H](O)[C@@H](C)/C=C/C=C/C=C/C=C/C=C/C=C/C=C/[C@H](O[C@@H]2O[C@H](C)[C@@H](O)[C@H](NC(=O)C(F)(F)C(F)(F)F)[C@@H]2O)C[C@@H]2O[C@](O)(C[C@@H](O)C[C@@H](O)[C@H](O)CC[C@@H](O)C[C@@H](O)CC(=O)O[C@H]1C)C[C@H](O)[C@H]2C(=O)O. The standard InChI is InChI=1S/C50H72F5NO18/c1-27-17-15-13-11-9-7-5-6-8-10-12-14-16-18-34(73-46-44(66)41(43(65)30(4)72-46)56-47(69)49(51,52)50(53,54)55)24-38-40(45(67)68)37(62)26-48(70,74-38)25-33(59)22-36(61)35(60)20-19-31(57)21-32(58)23-39(63)71-29(3)28(2)42(27)64/h5-18,27-38,40-44,46,57-62,64-66,70H,19-26H2,1-4H3,(H,56,69)(H,67,68)/b6-5+,9-7+,10-8+,13-11+,14-12+,17-15+,18-16+/t27-,28-,29-,30+,31+,32+,33-,34-,35+,36+,37-,38-,40+,41-,42+,43+,44-,46-,48+/m0/s1. The number of fused-ring (bicyclic) bond motifs is 2. The van der Waals surface area contributed by atoms with Crippen LogP contribution in [0.25, 0.3) is 0 Å². The molecule has 74 heavy (non-hydrogen) atoms. The van der Waals surface area contributed by atoms with Crippen molar-refractivity contribution in [3.05, 3.63) is 85.1 Å². The summed E-state index contributed by atoms with van der Waals surface area (Å²) >= 11 is 0. The van der Waals surface area contributed by atoms with Gasteiger partial charge in [0.25, 0.3) is 0 Å². The monoisotopic (exact) mass is 1070 g/mol. The van der Waals surface area contributed by atoms with Crippen molar-refractivity contribution in [1.82, 2.24) is 5.32 Å². The number of hydrogen-bond acceptors (Lipinski definition) is 17. The Bertz CT molecular complexity index is 2000. The van der Waals surface area contributed by atoms with Gasteiger partial charge in [-0.05, 0) is 33.1 Å². The highest BCUT2D eigenvalue weighted by Crippen LogP contribution is 2.39. The Hall–Kier alpha value is -4.28. The second kappa shape index (κ2) is 29.3. The summed E-state index contributed by atoms with van der Waals surface area (Å²) in [7, 11) is 0. The maximum absolute atomic E-state index is 13.9. The molecule has 3 rings (SSSR count). The van der Waals surface area contributed by atoms with E-state index in [2.05, 4.69) is 0 Å². The van der Waals surface area contributed by atoms with E-state index in [1.54, 1.807) is 81.5 Å². The van der Waals surface area contributed by atoms with Gasteiger partial charge in [-0.2, -0.15) is 22.0 Å². The smallest absolute Gasteiger partial charge is 0.463 e. The Labute approximate surface area is 425 Å². The number of carbonyl (C=O) groups excluding carboxylic acids is 2. The number of cyclic esters (lactones) is 1. The summed E-state index contributed by atoms with van der Waals surface area (Å²) in [4.78, 5) is 37.3. The molecule has 2 fully saturated rings. The summed E-state index contributed by atoms with van der Waals surface area (Å²) in [5.74, 6) is -16.5. The van der Waals surface area contributed by atoms with Crippen molar-refractivity contribution in [1.29, 1.82) is 0 Å². The van der Waals surface area contributed by atoms with Crippen molar-refractivity contribution in [3.63, 3.8) is 0 Å². The van der Waals surface area contributed by atoms with Gasteiger partial charge in [0.05, 0.1) is 73.5 Å². The second-order valence-corrected chi connectivity index (χ2v) is 19.1. The van der Waals surface area contributed by atoms with Crippen LogP contribution in [0.5, 0.6) is 0 Å². The number of alkyl halides is 5. The van der Waals surface area contributed by atoms with Crippen LogP contribution in [0.3, 0.4) is 0 Å². The molecule has 0 spiro atoms. The summed E-state index contributed by atoms with van der Waals surface area (Å²) in [5, 5.41) is 120. The number of carboxylic acid groups (broad SMARTS) is 1. The van der Waals surface area contributed by atoms with Crippen LogP contribution in [-0.4, -0.2) is 184 Å².